The number of nitrogens with zero attached hydrogens (tertiary/aromatic N) is 4. The van der Waals surface area contributed by atoms with Crippen molar-refractivity contribution < 1.29 is 40.1 Å². The predicted molar refractivity (Wildman–Crippen MR) is 106 cm³/mol. The van der Waals surface area contributed by atoms with Gasteiger partial charge in [-0.25, -0.2) is 19.4 Å². The van der Waals surface area contributed by atoms with E-state index in [1.54, 1.807) is 6.92 Å². The Morgan fingerprint density at radius 3 is 2.39 bits per heavy atom. The van der Waals surface area contributed by atoms with Crippen LogP contribution in [0.15, 0.2) is 27.0 Å². The first-order valence-electron chi connectivity index (χ1n) is 8.61. The smallest absolute Gasteiger partial charge is 0.476 e. The van der Waals surface area contributed by atoms with Crippen molar-refractivity contribution in [3.63, 3.8) is 0 Å². The van der Waals surface area contributed by atoms with Crippen LogP contribution in [0, 0.1) is 0 Å². The van der Waals surface area contributed by atoms with Crippen LogP contribution in [0.3, 0.4) is 0 Å². The van der Waals surface area contributed by atoms with Crippen molar-refractivity contribution in [3.8, 4) is 5.69 Å². The van der Waals surface area contributed by atoms with E-state index in [2.05, 4.69) is 20.6 Å². The third-order valence-corrected chi connectivity index (χ3v) is 5.61. The third-order valence-electron chi connectivity index (χ3n) is 3.87. The van der Waals surface area contributed by atoms with Crippen LogP contribution in [0.5, 0.6) is 0 Å². The number of benzene rings is 1. The van der Waals surface area contributed by atoms with Crippen molar-refractivity contribution >= 4 is 52.1 Å². The van der Waals surface area contributed by atoms with Gasteiger partial charge >= 0.3 is 11.7 Å². The fourth-order valence-corrected chi connectivity index (χ4v) is 4.05. The average molecular weight is 538 g/mol. The number of nitrogens with one attached hydrogen (secondary N) is 1. The Labute approximate surface area is 193 Å². The molecule has 3 rings (SSSR count). The Morgan fingerprint density at radius 2 is 1.91 bits per heavy atom. The lowest BCUT2D eigenvalue weighted by atomic mass is 10.2. The molecular formula is C16H11Cl2F6N5O3S. The molecule has 0 saturated heterocycles. The molecule has 1 aromatic heterocycles. The largest absolute Gasteiger partial charge is 0.483 e. The van der Waals surface area contributed by atoms with Gasteiger partial charge in [0.15, 0.2) is 35.6 Å². The third kappa shape index (κ3) is 5.26. The summed E-state index contributed by atoms with van der Waals surface area (Å²) < 4.78 is 97.5. The molecule has 0 radical (unpaired) electrons. The molecule has 1 aromatic carbocycles. The molecule has 0 fully saturated rings. The van der Waals surface area contributed by atoms with Crippen LogP contribution < -0.4 is 5.48 Å². The van der Waals surface area contributed by atoms with Crippen LogP contribution in [-0.2, 0) is 26.6 Å². The first kappa shape index (κ1) is 25.3. The SMILES string of the molecule is CCOC=Nc1c(S(=O)C(F)(F)F)c(C2=NCON2)nn1-c1c(Cl)cc(C(F)(F)F)cc1Cl. The highest BCUT2D eigenvalue weighted by Crippen LogP contribution is 2.42. The summed E-state index contributed by atoms with van der Waals surface area (Å²) in [4.78, 5) is 11.3. The van der Waals surface area contributed by atoms with E-state index in [0.29, 0.717) is 16.8 Å². The number of amidine groups is 1. The Kier molecular flexibility index (Phi) is 7.26. The molecule has 0 aliphatic carbocycles. The lowest BCUT2D eigenvalue weighted by Gasteiger charge is -2.13. The summed E-state index contributed by atoms with van der Waals surface area (Å²) in [5.41, 5.74) is -5.29. The van der Waals surface area contributed by atoms with Gasteiger partial charge in [-0.2, -0.15) is 36.4 Å². The molecule has 180 valence electrons. The Balaban J connectivity index is 2.35. The summed E-state index contributed by atoms with van der Waals surface area (Å²) in [6.07, 6.45) is -4.06. The summed E-state index contributed by atoms with van der Waals surface area (Å²) in [5.74, 6) is -1.04. The highest BCUT2D eigenvalue weighted by Gasteiger charge is 2.44. The first-order chi connectivity index (χ1) is 15.4. The summed E-state index contributed by atoms with van der Waals surface area (Å²) in [5, 5.41) is 2.70. The highest BCUT2D eigenvalue weighted by molar-refractivity contribution is 7.86. The monoisotopic (exact) mass is 537 g/mol. The van der Waals surface area contributed by atoms with E-state index in [9.17, 15) is 30.6 Å². The number of rotatable bonds is 6. The molecule has 17 heteroatoms. The minimum Gasteiger partial charge on any atom is -0.483 e. The molecule has 1 aliphatic rings. The highest BCUT2D eigenvalue weighted by atomic mass is 35.5. The van der Waals surface area contributed by atoms with Gasteiger partial charge in [0.2, 0.25) is 0 Å². The molecule has 1 atom stereocenters. The average Bonchev–Trinajstić information content (AvgIpc) is 3.34. The van der Waals surface area contributed by atoms with Gasteiger partial charge in [-0.05, 0) is 19.1 Å². The summed E-state index contributed by atoms with van der Waals surface area (Å²) in [6, 6.07) is 1.02. The minimum atomic E-state index is -5.26. The van der Waals surface area contributed by atoms with Crippen molar-refractivity contribution in [3.05, 3.63) is 33.4 Å². The summed E-state index contributed by atoms with van der Waals surface area (Å²) in [6.45, 7) is 1.34. The number of hydrogen-bond acceptors (Lipinski definition) is 7. The fraction of sp³-hybridized carbons (Fsp3) is 0.312. The number of aromatic nitrogens is 2. The normalized spacial score (nSPS) is 15.6. The Hall–Kier alpha value is -2.36. The van der Waals surface area contributed by atoms with Crippen molar-refractivity contribution in [1.82, 2.24) is 15.3 Å². The van der Waals surface area contributed by atoms with E-state index in [1.807, 2.05) is 0 Å². The van der Waals surface area contributed by atoms with Crippen molar-refractivity contribution in [1.29, 1.82) is 0 Å². The number of halogens is 8. The lowest BCUT2D eigenvalue weighted by molar-refractivity contribution is -0.137. The molecular weight excluding hydrogens is 527 g/mol. The second-order valence-corrected chi connectivity index (χ2v) is 8.21. The van der Waals surface area contributed by atoms with Gasteiger partial charge in [-0.15, -0.1) is 0 Å². The number of ether oxygens (including phenoxy) is 1. The molecule has 2 heterocycles. The topological polar surface area (TPSA) is 90.1 Å². The van der Waals surface area contributed by atoms with Crippen molar-refractivity contribution in [2.45, 2.75) is 23.5 Å². The van der Waals surface area contributed by atoms with Crippen LogP contribution in [0.1, 0.15) is 18.2 Å². The quantitative estimate of drug-likeness (QED) is 0.326. The maximum Gasteiger partial charge on any atom is 0.476 e. The van der Waals surface area contributed by atoms with Gasteiger partial charge in [-0.3, -0.25) is 4.84 Å². The van der Waals surface area contributed by atoms with Crippen molar-refractivity contribution in [2.75, 3.05) is 13.3 Å². The molecule has 8 nitrogen and oxygen atoms in total. The zero-order chi connectivity index (χ0) is 24.6. The van der Waals surface area contributed by atoms with E-state index in [4.69, 9.17) is 32.8 Å². The Morgan fingerprint density at radius 1 is 1.27 bits per heavy atom. The van der Waals surface area contributed by atoms with Gasteiger partial charge in [0.05, 0.1) is 22.2 Å². The standard InChI is InChI=1S/C16H11Cl2F6N5O3S/c1-2-31-5-26-14-12(33(30)16(22,23)24)10(13-25-6-32-28-13)27-29(14)11-8(17)3-7(4-9(11)18)15(19,20)21/h3-5H,2,6H2,1H3,(H,25,28). The second-order valence-electron chi connectivity index (χ2n) is 5.99. The Bertz CT molecular complexity index is 1130. The minimum absolute atomic E-state index is 0.0755. The summed E-state index contributed by atoms with van der Waals surface area (Å²) in [7, 11) is -3.71. The maximum absolute atomic E-state index is 13.4. The van der Waals surface area contributed by atoms with E-state index in [1.165, 1.54) is 0 Å². The molecule has 1 unspecified atom stereocenters. The molecule has 1 aliphatic heterocycles. The number of hydrogen-bond donors (Lipinski definition) is 1. The van der Waals surface area contributed by atoms with Gasteiger partial charge in [0, 0.05) is 0 Å². The van der Waals surface area contributed by atoms with E-state index in [-0.39, 0.29) is 19.2 Å². The maximum atomic E-state index is 13.4. The number of alkyl halides is 6. The molecule has 2 aromatic rings. The molecule has 0 spiro atoms. The van der Waals surface area contributed by atoms with Crippen LogP contribution in [0.4, 0.5) is 32.2 Å². The number of hydroxylamine groups is 1. The van der Waals surface area contributed by atoms with Gasteiger partial charge in [0.25, 0.3) is 0 Å². The zero-order valence-corrected chi connectivity index (χ0v) is 18.4. The van der Waals surface area contributed by atoms with E-state index in [0.717, 1.165) is 6.40 Å². The molecule has 0 amide bonds. The van der Waals surface area contributed by atoms with Crippen LogP contribution in [0.25, 0.3) is 5.69 Å². The van der Waals surface area contributed by atoms with Crippen LogP contribution >= 0.6 is 23.2 Å². The predicted octanol–water partition coefficient (Wildman–Crippen LogP) is 4.76. The molecule has 0 saturated carbocycles. The second kappa shape index (κ2) is 9.48. The zero-order valence-electron chi connectivity index (χ0n) is 16.1. The van der Waals surface area contributed by atoms with Gasteiger partial charge in [-0.1, -0.05) is 23.2 Å². The van der Waals surface area contributed by atoms with Crippen molar-refractivity contribution in [2.24, 2.45) is 9.98 Å². The number of aliphatic imine (C=N–C) groups is 2. The fourth-order valence-electron chi connectivity index (χ4n) is 2.55. The molecule has 0 bridgehead atoms. The van der Waals surface area contributed by atoms with E-state index >= 15 is 0 Å². The van der Waals surface area contributed by atoms with Gasteiger partial charge < -0.3 is 4.74 Å². The van der Waals surface area contributed by atoms with Crippen LogP contribution in [0.2, 0.25) is 10.0 Å². The first-order valence-corrected chi connectivity index (χ1v) is 10.5. The van der Waals surface area contributed by atoms with Crippen LogP contribution in [-0.4, -0.2) is 45.1 Å². The lowest BCUT2D eigenvalue weighted by Crippen LogP contribution is -2.23. The molecule has 1 N–H and O–H groups in total. The molecule has 33 heavy (non-hydrogen) atoms. The summed E-state index contributed by atoms with van der Waals surface area (Å²) >= 11 is 12.0. The van der Waals surface area contributed by atoms with Gasteiger partial charge in [0.1, 0.15) is 16.3 Å². The van der Waals surface area contributed by atoms with E-state index < -0.39 is 60.2 Å².